The monoisotopic (exact) mass is 478 g/mol. The molecule has 3 aromatic heterocycles. The first-order chi connectivity index (χ1) is 16.1. The number of aromatic nitrogens is 5. The fourth-order valence-corrected chi connectivity index (χ4v) is 4.73. The number of fused-ring (bicyclic) bond motifs is 3. The minimum atomic E-state index is -3.82. The summed E-state index contributed by atoms with van der Waals surface area (Å²) in [5.41, 5.74) is 2.94. The number of nitrogens with zero attached hydrogens (tertiary/aromatic N) is 5. The van der Waals surface area contributed by atoms with Crippen molar-refractivity contribution >= 4 is 27.0 Å². The van der Waals surface area contributed by atoms with Crippen molar-refractivity contribution in [3.63, 3.8) is 0 Å². The van der Waals surface area contributed by atoms with E-state index >= 15 is 0 Å². The number of aryl methyl sites for hydroxylation is 3. The molecular weight excluding hydrogens is 456 g/mol. The van der Waals surface area contributed by atoms with Crippen LogP contribution >= 0.6 is 0 Å². The largest absolute Gasteiger partial charge is 0.332 e. The Morgan fingerprint density at radius 3 is 2.32 bits per heavy atom. The normalized spacial score (nSPS) is 12.1. The van der Waals surface area contributed by atoms with Crippen LogP contribution in [0.15, 0.2) is 69.2 Å². The third-order valence-electron chi connectivity index (χ3n) is 6.04. The van der Waals surface area contributed by atoms with E-state index < -0.39 is 21.3 Å². The van der Waals surface area contributed by atoms with E-state index in [1.165, 1.54) is 21.3 Å². The van der Waals surface area contributed by atoms with Gasteiger partial charge in [-0.1, -0.05) is 24.3 Å². The van der Waals surface area contributed by atoms with E-state index in [9.17, 15) is 18.0 Å². The van der Waals surface area contributed by atoms with Crippen LogP contribution in [0.1, 0.15) is 16.8 Å². The number of primary sulfonamides is 1. The molecule has 174 valence electrons. The molecule has 34 heavy (non-hydrogen) atoms. The van der Waals surface area contributed by atoms with Crippen LogP contribution < -0.4 is 16.4 Å². The van der Waals surface area contributed by atoms with Gasteiger partial charge in [0.15, 0.2) is 11.2 Å². The van der Waals surface area contributed by atoms with Crippen LogP contribution in [-0.4, -0.2) is 31.5 Å². The number of rotatable bonds is 4. The molecule has 0 saturated carbocycles. The van der Waals surface area contributed by atoms with Crippen LogP contribution in [0, 0.1) is 13.8 Å². The first-order valence-electron chi connectivity index (χ1n) is 10.5. The maximum Gasteiger partial charge on any atom is 0.332 e. The van der Waals surface area contributed by atoms with Gasteiger partial charge in [-0.2, -0.15) is 4.98 Å². The van der Waals surface area contributed by atoms with Crippen LogP contribution in [0.5, 0.6) is 0 Å². The topological polar surface area (TPSA) is 126 Å². The van der Waals surface area contributed by atoms with Crippen LogP contribution in [0.25, 0.3) is 22.6 Å². The second-order valence-corrected chi connectivity index (χ2v) is 9.82. The summed E-state index contributed by atoms with van der Waals surface area (Å²) in [6.45, 7) is 3.93. The van der Waals surface area contributed by atoms with Crippen LogP contribution in [0.4, 0.5) is 0 Å². The molecule has 0 unspecified atom stereocenters. The van der Waals surface area contributed by atoms with E-state index in [2.05, 4.69) is 4.98 Å². The molecule has 0 saturated heterocycles. The Labute approximate surface area is 194 Å². The maximum absolute atomic E-state index is 13.5. The van der Waals surface area contributed by atoms with Gasteiger partial charge < -0.3 is 0 Å². The highest BCUT2D eigenvalue weighted by Crippen LogP contribution is 2.22. The minimum absolute atomic E-state index is 0.00734. The standard InChI is InChI=1S/C23H22N6O4S/c1-14-6-4-5-7-16(14)13-28-21(30)19-20(26(3)23(28)31)25-22-27(19)12-15(2)29(22)17-8-10-18(11-9-17)34(24,32)33/h4-12H,13H2,1-3H3,(H2,24,32,33). The Hall–Kier alpha value is -3.96. The predicted molar refractivity (Wildman–Crippen MR) is 128 cm³/mol. The van der Waals surface area contributed by atoms with Gasteiger partial charge in [0.2, 0.25) is 15.8 Å². The average molecular weight is 479 g/mol. The van der Waals surface area contributed by atoms with E-state index in [-0.39, 0.29) is 22.6 Å². The Morgan fingerprint density at radius 2 is 1.68 bits per heavy atom. The van der Waals surface area contributed by atoms with Gasteiger partial charge in [0, 0.05) is 24.6 Å². The molecule has 0 aliphatic carbocycles. The lowest BCUT2D eigenvalue weighted by molar-refractivity contribution is 0.598. The van der Waals surface area contributed by atoms with Gasteiger partial charge >= 0.3 is 5.69 Å². The van der Waals surface area contributed by atoms with Crippen molar-refractivity contribution in [3.05, 3.63) is 92.4 Å². The van der Waals surface area contributed by atoms with E-state index in [1.54, 1.807) is 34.3 Å². The molecule has 2 aromatic carbocycles. The van der Waals surface area contributed by atoms with Gasteiger partial charge in [0.1, 0.15) is 0 Å². The summed E-state index contributed by atoms with van der Waals surface area (Å²) in [4.78, 5) is 31.2. The third-order valence-corrected chi connectivity index (χ3v) is 6.97. The molecule has 10 nitrogen and oxygen atoms in total. The first kappa shape index (κ1) is 21.9. The summed E-state index contributed by atoms with van der Waals surface area (Å²) in [5, 5.41) is 5.20. The molecule has 0 amide bonds. The van der Waals surface area contributed by atoms with Crippen molar-refractivity contribution in [2.24, 2.45) is 12.2 Å². The summed E-state index contributed by atoms with van der Waals surface area (Å²) in [5.74, 6) is 0.427. The van der Waals surface area contributed by atoms with E-state index in [0.717, 1.165) is 16.8 Å². The molecule has 2 N–H and O–H groups in total. The smallest absolute Gasteiger partial charge is 0.283 e. The van der Waals surface area contributed by atoms with Gasteiger partial charge in [-0.05, 0) is 49.2 Å². The van der Waals surface area contributed by atoms with Crippen LogP contribution in [0.3, 0.4) is 0 Å². The fourth-order valence-electron chi connectivity index (χ4n) is 4.21. The van der Waals surface area contributed by atoms with Gasteiger partial charge in [0.25, 0.3) is 5.56 Å². The Balaban J connectivity index is 1.75. The lowest BCUT2D eigenvalue weighted by Gasteiger charge is -2.10. The van der Waals surface area contributed by atoms with Crippen LogP contribution in [-0.2, 0) is 23.6 Å². The number of benzene rings is 2. The summed E-state index contributed by atoms with van der Waals surface area (Å²) in [6, 6.07) is 13.7. The number of hydrogen-bond donors (Lipinski definition) is 1. The van der Waals surface area contributed by atoms with Crippen molar-refractivity contribution in [1.29, 1.82) is 0 Å². The van der Waals surface area contributed by atoms with Crippen molar-refractivity contribution in [2.45, 2.75) is 25.3 Å². The van der Waals surface area contributed by atoms with Gasteiger partial charge in [-0.15, -0.1) is 0 Å². The summed E-state index contributed by atoms with van der Waals surface area (Å²) in [7, 11) is -2.24. The van der Waals surface area contributed by atoms with Crippen molar-refractivity contribution in [2.75, 3.05) is 0 Å². The zero-order valence-electron chi connectivity index (χ0n) is 18.8. The molecule has 5 aromatic rings. The molecule has 0 atom stereocenters. The highest BCUT2D eigenvalue weighted by molar-refractivity contribution is 7.89. The summed E-state index contributed by atoms with van der Waals surface area (Å²) in [6.07, 6.45) is 1.77. The quantitative estimate of drug-likeness (QED) is 0.418. The molecule has 0 aliphatic heterocycles. The zero-order valence-corrected chi connectivity index (χ0v) is 19.6. The van der Waals surface area contributed by atoms with Gasteiger partial charge in [-0.3, -0.25) is 22.9 Å². The number of nitrogens with two attached hydrogens (primary N) is 1. The Bertz CT molecular complexity index is 1820. The van der Waals surface area contributed by atoms with E-state index in [0.29, 0.717) is 11.5 Å². The zero-order chi connectivity index (χ0) is 24.4. The molecule has 0 fully saturated rings. The highest BCUT2D eigenvalue weighted by atomic mass is 32.2. The number of sulfonamides is 1. The highest BCUT2D eigenvalue weighted by Gasteiger charge is 2.21. The van der Waals surface area contributed by atoms with Crippen molar-refractivity contribution in [1.82, 2.24) is 23.1 Å². The fraction of sp³-hybridized carbons (Fsp3) is 0.174. The average Bonchev–Trinajstić information content (AvgIpc) is 3.30. The van der Waals surface area contributed by atoms with Gasteiger partial charge in [0.05, 0.1) is 11.4 Å². The molecule has 3 heterocycles. The summed E-state index contributed by atoms with van der Waals surface area (Å²) < 4.78 is 29.2. The van der Waals surface area contributed by atoms with E-state index in [1.807, 2.05) is 38.1 Å². The molecule has 0 aliphatic rings. The molecule has 0 spiro atoms. The number of imidazole rings is 2. The second-order valence-electron chi connectivity index (χ2n) is 8.26. The summed E-state index contributed by atoms with van der Waals surface area (Å²) >= 11 is 0. The Kier molecular flexibility index (Phi) is 4.85. The van der Waals surface area contributed by atoms with Crippen LogP contribution in [0.2, 0.25) is 0 Å². The molecule has 0 bridgehead atoms. The molecule has 11 heteroatoms. The first-order valence-corrected chi connectivity index (χ1v) is 12.0. The third kappa shape index (κ3) is 3.28. The molecular formula is C23H22N6O4S. The maximum atomic E-state index is 13.5. The van der Waals surface area contributed by atoms with Crippen molar-refractivity contribution < 1.29 is 8.42 Å². The van der Waals surface area contributed by atoms with Crippen molar-refractivity contribution in [3.8, 4) is 5.69 Å². The molecule has 5 rings (SSSR count). The lowest BCUT2D eigenvalue weighted by Crippen LogP contribution is -2.39. The number of hydrogen-bond acceptors (Lipinski definition) is 5. The second kappa shape index (κ2) is 7.54. The minimum Gasteiger partial charge on any atom is -0.283 e. The predicted octanol–water partition coefficient (Wildman–Crippen LogP) is 1.45. The Morgan fingerprint density at radius 1 is 1.00 bits per heavy atom. The SMILES string of the molecule is Cc1ccccc1Cn1c(=O)c2c(nc3n(-c4ccc(S(N)(=O)=O)cc4)c(C)cn23)n(C)c1=O. The van der Waals surface area contributed by atoms with Gasteiger partial charge in [-0.25, -0.2) is 18.4 Å². The molecule has 0 radical (unpaired) electrons. The van der Waals surface area contributed by atoms with E-state index in [4.69, 9.17) is 5.14 Å². The lowest BCUT2D eigenvalue weighted by atomic mass is 10.1.